The van der Waals surface area contributed by atoms with Crippen LogP contribution in [0.2, 0.25) is 0 Å². The smallest absolute Gasteiger partial charge is 0.331 e. The molecule has 19 heavy (non-hydrogen) atoms. The van der Waals surface area contributed by atoms with Crippen LogP contribution >= 0.6 is 61.9 Å². The summed E-state index contributed by atoms with van der Waals surface area (Å²) in [4.78, 5) is 2.39. The Balaban J connectivity index is 2.25. The molecule has 0 amide bonds. The van der Waals surface area contributed by atoms with Crippen LogP contribution in [0, 0.1) is 6.92 Å². The van der Waals surface area contributed by atoms with Crippen LogP contribution in [0.25, 0.3) is 21.5 Å². The van der Waals surface area contributed by atoms with Crippen LogP contribution in [-0.2, 0) is 0 Å². The van der Waals surface area contributed by atoms with Crippen LogP contribution < -0.4 is 9.33 Å². The van der Waals surface area contributed by atoms with E-state index in [0.717, 1.165) is 21.0 Å². The third-order valence-corrected chi connectivity index (χ3v) is 7.11. The van der Waals surface area contributed by atoms with E-state index in [0.29, 0.717) is 0 Å². The maximum Gasteiger partial charge on any atom is 0.397 e. The van der Waals surface area contributed by atoms with Crippen LogP contribution in [0.4, 0.5) is 0 Å². The van der Waals surface area contributed by atoms with E-state index in [1.807, 2.05) is 9.93 Å². The molecule has 0 atom stereocenters. The SMILES string of the molecule is Cc1cc2c(s1)-c1ccc(Br)c3ns[n+](c13)[B-]2(Cl)Cl. The fourth-order valence-corrected chi connectivity index (χ4v) is 5.92. The first-order valence-corrected chi connectivity index (χ1v) is 8.84. The van der Waals surface area contributed by atoms with Gasteiger partial charge in [0, 0.05) is 14.8 Å². The van der Waals surface area contributed by atoms with Crippen molar-refractivity contribution in [3.05, 3.63) is 27.5 Å². The van der Waals surface area contributed by atoms with Crippen LogP contribution in [0.3, 0.4) is 0 Å². The van der Waals surface area contributed by atoms with Crippen molar-refractivity contribution < 1.29 is 3.87 Å². The standard InChI is InChI=1S/C11H6BBrCl2N2S2/c1-5-4-7-11(18-5)6-2-3-8(13)9-10(6)17(19-16-9)12(7,14)15/h2-4H,1H3. The van der Waals surface area contributed by atoms with Gasteiger partial charge in [0.2, 0.25) is 17.2 Å². The Morgan fingerprint density at radius 3 is 2.95 bits per heavy atom. The molecule has 0 fully saturated rings. The monoisotopic (exact) mass is 390 g/mol. The van der Waals surface area contributed by atoms with Gasteiger partial charge in [0.15, 0.2) is 5.52 Å². The van der Waals surface area contributed by atoms with Gasteiger partial charge in [-0.05, 0) is 39.9 Å². The summed E-state index contributed by atoms with van der Waals surface area (Å²) in [6.45, 7) is 2.08. The van der Waals surface area contributed by atoms with Gasteiger partial charge < -0.3 is 26.8 Å². The Labute approximate surface area is 136 Å². The average Bonchev–Trinajstić information content (AvgIpc) is 2.93. The summed E-state index contributed by atoms with van der Waals surface area (Å²) in [6.07, 6.45) is 0. The normalized spacial score (nSPS) is 15.8. The van der Waals surface area contributed by atoms with Crippen molar-refractivity contribution in [3.63, 3.8) is 0 Å². The lowest BCUT2D eigenvalue weighted by molar-refractivity contribution is -0.424. The highest BCUT2D eigenvalue weighted by atomic mass is 79.9. The van der Waals surface area contributed by atoms with Crippen molar-refractivity contribution in [2.75, 3.05) is 0 Å². The number of halogens is 3. The van der Waals surface area contributed by atoms with Gasteiger partial charge in [-0.3, -0.25) is 0 Å². The van der Waals surface area contributed by atoms with Gasteiger partial charge in [0.25, 0.3) is 0 Å². The lowest BCUT2D eigenvalue weighted by Crippen LogP contribution is -2.64. The van der Waals surface area contributed by atoms with E-state index < -0.39 is 5.11 Å². The number of thiophene rings is 1. The second-order valence-electron chi connectivity index (χ2n) is 4.56. The molecule has 1 aliphatic rings. The van der Waals surface area contributed by atoms with Gasteiger partial charge in [-0.25, -0.2) is 0 Å². The molecule has 1 aromatic carbocycles. The second kappa shape index (κ2) is 3.95. The Morgan fingerprint density at radius 2 is 2.16 bits per heavy atom. The minimum absolute atomic E-state index is 0.923. The van der Waals surface area contributed by atoms with Gasteiger partial charge in [0.1, 0.15) is 0 Å². The quantitative estimate of drug-likeness (QED) is 0.531. The summed E-state index contributed by atoms with van der Waals surface area (Å²) >= 11 is 19.9. The minimum Gasteiger partial charge on any atom is -0.331 e. The molecule has 2 nitrogen and oxygen atoms in total. The molecule has 1 aliphatic heterocycles. The Kier molecular flexibility index (Phi) is 2.62. The maximum atomic E-state index is 6.66. The molecule has 0 aliphatic carbocycles. The molecule has 0 N–H and O–H groups in total. The number of fused-ring (bicyclic) bond motifs is 2. The number of hydrogen-bond donors (Lipinski definition) is 0. The summed E-state index contributed by atoms with van der Waals surface area (Å²) < 4.78 is 7.39. The van der Waals surface area contributed by atoms with E-state index in [1.54, 1.807) is 11.3 Å². The largest absolute Gasteiger partial charge is 0.397 e. The van der Waals surface area contributed by atoms with Crippen molar-refractivity contribution in [1.29, 1.82) is 0 Å². The number of nitrogens with zero attached hydrogens (tertiary/aromatic N) is 2. The molecule has 0 saturated carbocycles. The fraction of sp³-hybridized carbons (Fsp3) is 0.0909. The first kappa shape index (κ1) is 12.6. The molecule has 2 aromatic heterocycles. The minimum atomic E-state index is -1.81. The number of rotatable bonds is 0. The molecule has 0 radical (unpaired) electrons. The second-order valence-corrected chi connectivity index (χ2v) is 8.89. The highest BCUT2D eigenvalue weighted by Crippen LogP contribution is 2.39. The zero-order chi connectivity index (χ0) is 13.4. The number of aryl methyl sites for hydroxylation is 1. The zero-order valence-electron chi connectivity index (χ0n) is 9.65. The zero-order valence-corrected chi connectivity index (χ0v) is 14.4. The Morgan fingerprint density at radius 1 is 1.37 bits per heavy atom. The molecule has 3 heterocycles. The molecule has 0 unspecified atom stereocenters. The molecule has 8 heteroatoms. The number of aromatic nitrogens is 2. The third kappa shape index (κ3) is 1.55. The van der Waals surface area contributed by atoms with Gasteiger partial charge in [0.05, 0.1) is 4.47 Å². The maximum absolute atomic E-state index is 6.66. The van der Waals surface area contributed by atoms with E-state index in [-0.39, 0.29) is 0 Å². The third-order valence-electron chi connectivity index (χ3n) is 3.34. The lowest BCUT2D eigenvalue weighted by Gasteiger charge is -2.28. The summed E-state index contributed by atoms with van der Waals surface area (Å²) in [5.41, 5.74) is 4.13. The summed E-state index contributed by atoms with van der Waals surface area (Å²) in [5.74, 6) is 0. The molecular formula is C11H6BBrCl2N2S2. The van der Waals surface area contributed by atoms with Crippen LogP contribution in [0.5, 0.6) is 0 Å². The van der Waals surface area contributed by atoms with E-state index in [9.17, 15) is 0 Å². The van der Waals surface area contributed by atoms with Gasteiger partial charge in [-0.2, -0.15) is 0 Å². The van der Waals surface area contributed by atoms with Gasteiger partial charge in [-0.15, -0.1) is 16.8 Å². The summed E-state index contributed by atoms with van der Waals surface area (Å²) in [6, 6.07) is 6.22. The average molecular weight is 392 g/mol. The molecule has 0 bridgehead atoms. The molecule has 96 valence electrons. The van der Waals surface area contributed by atoms with E-state index in [4.69, 9.17) is 22.9 Å². The van der Waals surface area contributed by atoms with Crippen molar-refractivity contribution in [2.45, 2.75) is 6.92 Å². The number of hydrogen-bond acceptors (Lipinski definition) is 3. The van der Waals surface area contributed by atoms with Crippen LogP contribution in [-0.4, -0.2) is 9.49 Å². The van der Waals surface area contributed by atoms with E-state index in [2.05, 4.69) is 39.4 Å². The van der Waals surface area contributed by atoms with Crippen molar-refractivity contribution >= 4 is 83.5 Å². The van der Waals surface area contributed by atoms with Crippen LogP contribution in [0.1, 0.15) is 4.88 Å². The molecule has 3 aromatic rings. The van der Waals surface area contributed by atoms with Crippen LogP contribution in [0.15, 0.2) is 22.7 Å². The highest BCUT2D eigenvalue weighted by molar-refractivity contribution is 9.10. The van der Waals surface area contributed by atoms with Crippen molar-refractivity contribution in [1.82, 2.24) is 4.37 Å². The first-order valence-electron chi connectivity index (χ1n) is 5.63. The molecule has 4 rings (SSSR count). The Hall–Kier alpha value is -0.135. The van der Waals surface area contributed by atoms with Gasteiger partial charge in [-0.1, -0.05) is 6.07 Å². The molecule has 0 saturated heterocycles. The van der Waals surface area contributed by atoms with E-state index >= 15 is 0 Å². The Bertz CT molecular complexity index is 843. The van der Waals surface area contributed by atoms with Crippen molar-refractivity contribution in [3.8, 4) is 10.4 Å². The van der Waals surface area contributed by atoms with Gasteiger partial charge >= 0.3 is 5.11 Å². The van der Waals surface area contributed by atoms with Crippen molar-refractivity contribution in [2.24, 2.45) is 0 Å². The highest BCUT2D eigenvalue weighted by Gasteiger charge is 2.41. The fourth-order valence-electron chi connectivity index (χ4n) is 2.52. The lowest BCUT2D eigenvalue weighted by atomic mass is 9.75. The predicted octanol–water partition coefficient (Wildman–Crippen LogP) is 3.87. The molecule has 0 spiro atoms. The topological polar surface area (TPSA) is 16.8 Å². The number of benzene rings is 1. The predicted molar refractivity (Wildman–Crippen MR) is 88.1 cm³/mol. The summed E-state index contributed by atoms with van der Waals surface area (Å²) in [7, 11) is 0. The summed E-state index contributed by atoms with van der Waals surface area (Å²) in [5, 5.41) is -1.81. The molecular weight excluding hydrogens is 386 g/mol. The first-order chi connectivity index (χ1) is 9.00. The van der Waals surface area contributed by atoms with E-state index in [1.165, 1.54) is 27.0 Å².